The summed E-state index contributed by atoms with van der Waals surface area (Å²) in [5.41, 5.74) is 2.57. The molecule has 132 valence electrons. The molecule has 1 aromatic heterocycles. The summed E-state index contributed by atoms with van der Waals surface area (Å²) in [6, 6.07) is 8.11. The molecule has 5 heteroatoms. The van der Waals surface area contributed by atoms with Gasteiger partial charge in [-0.2, -0.15) is 0 Å². The van der Waals surface area contributed by atoms with Gasteiger partial charge in [-0.1, -0.05) is 31.5 Å². The lowest BCUT2D eigenvalue weighted by Crippen LogP contribution is -2.37. The molecule has 0 saturated heterocycles. The number of ether oxygens (including phenoxy) is 1. The molecule has 0 fully saturated rings. The molecule has 0 spiro atoms. The Morgan fingerprint density at radius 3 is 2.58 bits per heavy atom. The second-order valence-electron chi connectivity index (χ2n) is 7.34. The lowest BCUT2D eigenvalue weighted by atomic mass is 9.93. The molecule has 0 atom stereocenters. The third kappa shape index (κ3) is 6.59. The fourth-order valence-corrected chi connectivity index (χ4v) is 3.42. The largest absolute Gasteiger partial charge is 0.486 e. The van der Waals surface area contributed by atoms with E-state index in [0.29, 0.717) is 6.61 Å². The van der Waals surface area contributed by atoms with Crippen LogP contribution in [0.5, 0.6) is 5.75 Å². The zero-order chi connectivity index (χ0) is 17.6. The second kappa shape index (κ2) is 8.60. The molecule has 0 bridgehead atoms. The van der Waals surface area contributed by atoms with E-state index in [-0.39, 0.29) is 5.41 Å². The van der Waals surface area contributed by atoms with Gasteiger partial charge in [-0.3, -0.25) is 0 Å². The quantitative estimate of drug-likeness (QED) is 0.750. The first kappa shape index (κ1) is 18.9. The highest BCUT2D eigenvalue weighted by Crippen LogP contribution is 2.17. The highest BCUT2D eigenvalue weighted by molar-refractivity contribution is 7.09. The molecule has 0 aliphatic rings. The number of aromatic nitrogens is 1. The Labute approximate surface area is 149 Å². The molecule has 2 rings (SSSR count). The molecule has 0 aliphatic heterocycles. The first-order chi connectivity index (χ1) is 11.3. The zero-order valence-corrected chi connectivity index (χ0v) is 16.2. The van der Waals surface area contributed by atoms with E-state index >= 15 is 0 Å². The molecule has 2 aromatic rings. The molecule has 0 amide bonds. The highest BCUT2D eigenvalue weighted by atomic mass is 32.1. The van der Waals surface area contributed by atoms with E-state index in [1.54, 1.807) is 11.3 Å². The third-order valence-electron chi connectivity index (χ3n) is 3.64. The molecule has 0 aliphatic carbocycles. The van der Waals surface area contributed by atoms with Crippen LogP contribution in [0.25, 0.3) is 0 Å². The van der Waals surface area contributed by atoms with Crippen molar-refractivity contribution in [3.8, 4) is 5.75 Å². The average molecular weight is 348 g/mol. The molecule has 0 radical (unpaired) electrons. The molecule has 1 N–H and O–H groups in total. The van der Waals surface area contributed by atoms with Gasteiger partial charge < -0.3 is 15.0 Å². The Hall–Kier alpha value is -1.43. The predicted octanol–water partition coefficient (Wildman–Crippen LogP) is 3.71. The van der Waals surface area contributed by atoms with Gasteiger partial charge in [0.25, 0.3) is 0 Å². The maximum atomic E-state index is 5.78. The normalized spacial score (nSPS) is 11.9. The average Bonchev–Trinajstić information content (AvgIpc) is 2.93. The summed E-state index contributed by atoms with van der Waals surface area (Å²) in [4.78, 5) is 6.87. The van der Waals surface area contributed by atoms with Crippen LogP contribution < -0.4 is 10.1 Å². The van der Waals surface area contributed by atoms with Crippen LogP contribution in [0.2, 0.25) is 0 Å². The first-order valence-corrected chi connectivity index (χ1v) is 9.20. The van der Waals surface area contributed by atoms with Crippen molar-refractivity contribution in [1.29, 1.82) is 0 Å². The minimum Gasteiger partial charge on any atom is -0.486 e. The van der Waals surface area contributed by atoms with E-state index in [1.807, 2.05) is 12.1 Å². The van der Waals surface area contributed by atoms with Gasteiger partial charge in [0.15, 0.2) is 0 Å². The van der Waals surface area contributed by atoms with Crippen molar-refractivity contribution in [2.45, 2.75) is 33.9 Å². The van der Waals surface area contributed by atoms with E-state index in [4.69, 9.17) is 4.74 Å². The van der Waals surface area contributed by atoms with Crippen LogP contribution in [0.4, 0.5) is 0 Å². The molecule has 0 unspecified atom stereocenters. The summed E-state index contributed by atoms with van der Waals surface area (Å²) in [6.45, 7) is 10.00. The lowest BCUT2D eigenvalue weighted by Gasteiger charge is -2.28. The summed E-state index contributed by atoms with van der Waals surface area (Å²) >= 11 is 1.66. The highest BCUT2D eigenvalue weighted by Gasteiger charge is 2.18. The van der Waals surface area contributed by atoms with Crippen molar-refractivity contribution < 1.29 is 4.74 Å². The van der Waals surface area contributed by atoms with Crippen molar-refractivity contribution in [2.75, 3.05) is 27.2 Å². The van der Waals surface area contributed by atoms with Crippen molar-refractivity contribution >= 4 is 11.3 Å². The van der Waals surface area contributed by atoms with Crippen molar-refractivity contribution in [1.82, 2.24) is 15.2 Å². The number of aryl methyl sites for hydroxylation is 1. The van der Waals surface area contributed by atoms with E-state index in [1.165, 1.54) is 5.56 Å². The minimum absolute atomic E-state index is 0.247. The van der Waals surface area contributed by atoms with Crippen LogP contribution in [0.15, 0.2) is 29.6 Å². The summed E-state index contributed by atoms with van der Waals surface area (Å²) in [7, 11) is 4.23. The van der Waals surface area contributed by atoms with Gasteiger partial charge in [-0.05, 0) is 38.6 Å². The van der Waals surface area contributed by atoms with E-state index in [0.717, 1.165) is 36.1 Å². The number of nitrogens with zero attached hydrogens (tertiary/aromatic N) is 2. The second-order valence-corrected chi connectivity index (χ2v) is 8.28. The molecule has 24 heavy (non-hydrogen) atoms. The number of nitrogens with one attached hydrogen (secondary N) is 1. The van der Waals surface area contributed by atoms with Crippen molar-refractivity contribution in [2.24, 2.45) is 5.41 Å². The van der Waals surface area contributed by atoms with Crippen LogP contribution >= 0.6 is 11.3 Å². The van der Waals surface area contributed by atoms with Gasteiger partial charge >= 0.3 is 0 Å². The molecule has 1 heterocycles. The van der Waals surface area contributed by atoms with Gasteiger partial charge in [0.05, 0.1) is 5.69 Å². The minimum atomic E-state index is 0.247. The van der Waals surface area contributed by atoms with Crippen LogP contribution in [0.3, 0.4) is 0 Å². The summed E-state index contributed by atoms with van der Waals surface area (Å²) in [5.74, 6) is 0.890. The Morgan fingerprint density at radius 2 is 1.92 bits per heavy atom. The predicted molar refractivity (Wildman–Crippen MR) is 102 cm³/mol. The van der Waals surface area contributed by atoms with Gasteiger partial charge in [0.2, 0.25) is 0 Å². The Balaban J connectivity index is 1.75. The number of hydrogen-bond donors (Lipinski definition) is 1. The van der Waals surface area contributed by atoms with Crippen molar-refractivity contribution in [3.63, 3.8) is 0 Å². The van der Waals surface area contributed by atoms with Crippen LogP contribution in [0, 0.1) is 12.3 Å². The lowest BCUT2D eigenvalue weighted by molar-refractivity contribution is 0.232. The van der Waals surface area contributed by atoms with Crippen molar-refractivity contribution in [3.05, 3.63) is 45.9 Å². The summed E-state index contributed by atoms with van der Waals surface area (Å²) in [5, 5.41) is 6.64. The molecule has 0 saturated carbocycles. The van der Waals surface area contributed by atoms with E-state index in [9.17, 15) is 0 Å². The van der Waals surface area contributed by atoms with Crippen LogP contribution in [-0.2, 0) is 13.2 Å². The Morgan fingerprint density at radius 1 is 1.21 bits per heavy atom. The summed E-state index contributed by atoms with van der Waals surface area (Å²) < 4.78 is 5.78. The maximum absolute atomic E-state index is 5.78. The fourth-order valence-electron chi connectivity index (χ4n) is 2.72. The Bertz CT molecular complexity index is 620. The van der Waals surface area contributed by atoms with Gasteiger partial charge in [-0.25, -0.2) is 4.98 Å². The standard InChI is InChI=1S/C19H29N3OS/c1-15-6-8-17(9-7-15)23-11-18-21-16(12-24-18)10-20-13-19(2,3)14-22(4)5/h6-9,12,20H,10-11,13-14H2,1-5H3. The van der Waals surface area contributed by atoms with Crippen LogP contribution in [-0.4, -0.2) is 37.1 Å². The summed E-state index contributed by atoms with van der Waals surface area (Å²) in [6.07, 6.45) is 0. The number of rotatable bonds is 9. The number of thiazole rings is 1. The number of hydrogen-bond acceptors (Lipinski definition) is 5. The molecular weight excluding hydrogens is 318 g/mol. The zero-order valence-electron chi connectivity index (χ0n) is 15.4. The topological polar surface area (TPSA) is 37.4 Å². The Kier molecular flexibility index (Phi) is 6.78. The van der Waals surface area contributed by atoms with Crippen LogP contribution in [0.1, 0.15) is 30.1 Å². The third-order valence-corrected chi connectivity index (χ3v) is 4.51. The smallest absolute Gasteiger partial charge is 0.140 e. The SMILES string of the molecule is Cc1ccc(OCc2nc(CNCC(C)(C)CN(C)C)cs2)cc1. The van der Waals surface area contributed by atoms with E-state index < -0.39 is 0 Å². The van der Waals surface area contributed by atoms with Gasteiger partial charge in [0.1, 0.15) is 17.4 Å². The fraction of sp³-hybridized carbons (Fsp3) is 0.526. The maximum Gasteiger partial charge on any atom is 0.140 e. The monoisotopic (exact) mass is 347 g/mol. The molecule has 4 nitrogen and oxygen atoms in total. The molecule has 1 aromatic carbocycles. The van der Waals surface area contributed by atoms with E-state index in [2.05, 4.69) is 67.6 Å². The number of benzene rings is 1. The molecular formula is C19H29N3OS. The van der Waals surface area contributed by atoms with Gasteiger partial charge in [-0.15, -0.1) is 11.3 Å². The first-order valence-electron chi connectivity index (χ1n) is 8.32. The van der Waals surface area contributed by atoms with Gasteiger partial charge in [0, 0.05) is 25.0 Å².